The molecular weight excluding hydrogens is 367 g/mol. The molecule has 8 nitrogen and oxygen atoms in total. The van der Waals surface area contributed by atoms with Gasteiger partial charge in [0.15, 0.2) is 18.1 Å². The predicted octanol–water partition coefficient (Wildman–Crippen LogP) is 1.23. The van der Waals surface area contributed by atoms with Crippen LogP contribution in [0.4, 0.5) is 4.39 Å². The summed E-state index contributed by atoms with van der Waals surface area (Å²) < 4.78 is 52.6. The minimum atomic E-state index is -4.04. The Kier molecular flexibility index (Phi) is 6.36. The summed E-state index contributed by atoms with van der Waals surface area (Å²) in [4.78, 5) is 13.5. The van der Waals surface area contributed by atoms with Gasteiger partial charge in [-0.15, -0.1) is 4.83 Å². The zero-order valence-corrected chi connectivity index (χ0v) is 14.8. The molecule has 0 aromatic heterocycles. The summed E-state index contributed by atoms with van der Waals surface area (Å²) in [6.07, 6.45) is 0. The van der Waals surface area contributed by atoms with Crippen LogP contribution in [0, 0.1) is 5.82 Å². The molecular formula is C16H17FN2O6S. The number of hydrazine groups is 1. The molecule has 140 valence electrons. The fourth-order valence-corrected chi connectivity index (χ4v) is 2.78. The van der Waals surface area contributed by atoms with E-state index < -0.39 is 28.4 Å². The van der Waals surface area contributed by atoms with E-state index in [1.165, 1.54) is 50.6 Å². The largest absolute Gasteiger partial charge is 0.493 e. The molecule has 0 saturated carbocycles. The average Bonchev–Trinajstić information content (AvgIpc) is 2.64. The summed E-state index contributed by atoms with van der Waals surface area (Å²) in [5.41, 5.74) is 2.00. The van der Waals surface area contributed by atoms with Gasteiger partial charge in [-0.2, -0.15) is 0 Å². The van der Waals surface area contributed by atoms with Crippen molar-refractivity contribution in [1.29, 1.82) is 0 Å². The van der Waals surface area contributed by atoms with Gasteiger partial charge in [0.2, 0.25) is 0 Å². The maximum absolute atomic E-state index is 13.0. The van der Waals surface area contributed by atoms with Gasteiger partial charge < -0.3 is 14.2 Å². The molecule has 2 aromatic carbocycles. The molecule has 0 aliphatic carbocycles. The minimum Gasteiger partial charge on any atom is -0.493 e. The average molecular weight is 384 g/mol. The Bertz CT molecular complexity index is 888. The summed E-state index contributed by atoms with van der Waals surface area (Å²) in [7, 11) is -1.25. The second-order valence-electron chi connectivity index (χ2n) is 4.92. The number of halogens is 1. The molecule has 0 fully saturated rings. The fraction of sp³-hybridized carbons (Fsp3) is 0.188. The number of hydrogen-bond acceptors (Lipinski definition) is 6. The third-order valence-corrected chi connectivity index (χ3v) is 4.40. The normalized spacial score (nSPS) is 10.9. The van der Waals surface area contributed by atoms with E-state index in [9.17, 15) is 17.6 Å². The molecule has 0 unspecified atom stereocenters. The Labute approximate surface area is 149 Å². The van der Waals surface area contributed by atoms with Gasteiger partial charge in [-0.3, -0.25) is 10.2 Å². The van der Waals surface area contributed by atoms with Crippen LogP contribution in [0.15, 0.2) is 47.4 Å². The van der Waals surface area contributed by atoms with Gasteiger partial charge in [-0.1, -0.05) is 6.07 Å². The van der Waals surface area contributed by atoms with Crippen LogP contribution >= 0.6 is 0 Å². The van der Waals surface area contributed by atoms with Crippen LogP contribution in [0.3, 0.4) is 0 Å². The molecule has 1 amide bonds. The van der Waals surface area contributed by atoms with Crippen LogP contribution in [0.1, 0.15) is 0 Å². The van der Waals surface area contributed by atoms with E-state index in [0.29, 0.717) is 5.75 Å². The molecule has 0 heterocycles. The van der Waals surface area contributed by atoms with Crippen LogP contribution < -0.4 is 24.5 Å². The van der Waals surface area contributed by atoms with E-state index in [1.807, 2.05) is 10.3 Å². The number of amides is 1. The number of hydrogen-bond donors (Lipinski definition) is 2. The van der Waals surface area contributed by atoms with Crippen LogP contribution in [-0.2, 0) is 14.8 Å². The summed E-state index contributed by atoms with van der Waals surface area (Å²) >= 11 is 0. The van der Waals surface area contributed by atoms with Crippen molar-refractivity contribution in [3.8, 4) is 17.2 Å². The standard InChI is InChI=1S/C16H17FN2O6S/c1-23-14-7-6-13(9-15(14)24-2)26(21,22)19-18-16(20)10-25-12-5-3-4-11(17)8-12/h3-9,19H,10H2,1-2H3,(H,18,20). The van der Waals surface area contributed by atoms with Crippen LogP contribution in [0.2, 0.25) is 0 Å². The molecule has 2 rings (SSSR count). The van der Waals surface area contributed by atoms with E-state index in [2.05, 4.69) is 0 Å². The van der Waals surface area contributed by atoms with Crippen LogP contribution in [0.5, 0.6) is 17.2 Å². The number of sulfonamides is 1. The van der Waals surface area contributed by atoms with E-state index >= 15 is 0 Å². The van der Waals surface area contributed by atoms with E-state index in [4.69, 9.17) is 14.2 Å². The Morgan fingerprint density at radius 3 is 2.46 bits per heavy atom. The number of carbonyl (C=O) groups is 1. The zero-order chi connectivity index (χ0) is 19.2. The molecule has 0 aliphatic rings. The van der Waals surface area contributed by atoms with Crippen molar-refractivity contribution < 1.29 is 31.8 Å². The summed E-state index contributed by atoms with van der Waals surface area (Å²) in [6.45, 7) is -0.502. The van der Waals surface area contributed by atoms with Gasteiger partial charge in [-0.25, -0.2) is 12.8 Å². The summed E-state index contributed by atoms with van der Waals surface area (Å²) in [5.74, 6) is -0.562. The van der Waals surface area contributed by atoms with Gasteiger partial charge in [0.1, 0.15) is 11.6 Å². The van der Waals surface area contributed by atoms with E-state index in [-0.39, 0.29) is 16.4 Å². The molecule has 0 aliphatic heterocycles. The SMILES string of the molecule is COc1ccc(S(=O)(=O)NNC(=O)COc2cccc(F)c2)cc1OC. The highest BCUT2D eigenvalue weighted by molar-refractivity contribution is 7.89. The molecule has 0 saturated heterocycles. The number of benzene rings is 2. The maximum Gasteiger partial charge on any atom is 0.272 e. The number of rotatable bonds is 8. The quantitative estimate of drug-likeness (QED) is 0.664. The first kappa shape index (κ1) is 19.5. The predicted molar refractivity (Wildman–Crippen MR) is 89.9 cm³/mol. The van der Waals surface area contributed by atoms with Crippen molar-refractivity contribution in [3.63, 3.8) is 0 Å². The first-order chi connectivity index (χ1) is 12.4. The van der Waals surface area contributed by atoms with E-state index in [1.54, 1.807) is 0 Å². The smallest absolute Gasteiger partial charge is 0.272 e. The molecule has 0 bridgehead atoms. The lowest BCUT2D eigenvalue weighted by atomic mass is 10.3. The Morgan fingerprint density at radius 1 is 1.08 bits per heavy atom. The maximum atomic E-state index is 13.0. The lowest BCUT2D eigenvalue weighted by molar-refractivity contribution is -0.123. The van der Waals surface area contributed by atoms with Crippen molar-refractivity contribution in [2.24, 2.45) is 0 Å². The Balaban J connectivity index is 1.96. The fourth-order valence-electron chi connectivity index (χ4n) is 1.91. The summed E-state index contributed by atoms with van der Waals surface area (Å²) in [6, 6.07) is 9.16. The van der Waals surface area contributed by atoms with E-state index in [0.717, 1.165) is 6.07 Å². The Morgan fingerprint density at radius 2 is 1.81 bits per heavy atom. The van der Waals surface area contributed by atoms with Crippen molar-refractivity contribution in [3.05, 3.63) is 48.3 Å². The van der Waals surface area contributed by atoms with Gasteiger partial charge in [0, 0.05) is 12.1 Å². The highest BCUT2D eigenvalue weighted by Gasteiger charge is 2.18. The highest BCUT2D eigenvalue weighted by Crippen LogP contribution is 2.29. The molecule has 2 N–H and O–H groups in total. The number of methoxy groups -OCH3 is 2. The highest BCUT2D eigenvalue weighted by atomic mass is 32.2. The summed E-state index contributed by atoms with van der Waals surface area (Å²) in [5, 5.41) is 0. The second kappa shape index (κ2) is 8.50. The number of nitrogens with one attached hydrogen (secondary N) is 2. The van der Waals surface area contributed by atoms with Crippen molar-refractivity contribution in [2.75, 3.05) is 20.8 Å². The van der Waals surface area contributed by atoms with Crippen LogP contribution in [-0.4, -0.2) is 35.2 Å². The van der Waals surface area contributed by atoms with Crippen molar-refractivity contribution in [2.45, 2.75) is 4.90 Å². The molecule has 2 aromatic rings. The topological polar surface area (TPSA) is 103 Å². The molecule has 0 spiro atoms. The molecule has 26 heavy (non-hydrogen) atoms. The first-order valence-corrected chi connectivity index (χ1v) is 8.75. The van der Waals surface area contributed by atoms with Gasteiger partial charge in [0.25, 0.3) is 15.9 Å². The third-order valence-electron chi connectivity index (χ3n) is 3.16. The van der Waals surface area contributed by atoms with Crippen LogP contribution in [0.25, 0.3) is 0 Å². The lowest BCUT2D eigenvalue weighted by Gasteiger charge is -2.12. The van der Waals surface area contributed by atoms with Crippen molar-refractivity contribution in [1.82, 2.24) is 10.3 Å². The number of carbonyl (C=O) groups excluding carboxylic acids is 1. The molecule has 0 radical (unpaired) electrons. The first-order valence-electron chi connectivity index (χ1n) is 7.27. The molecule has 10 heteroatoms. The number of ether oxygens (including phenoxy) is 3. The third kappa shape index (κ3) is 5.07. The minimum absolute atomic E-state index is 0.138. The second-order valence-corrected chi connectivity index (χ2v) is 6.60. The van der Waals surface area contributed by atoms with Gasteiger partial charge in [-0.05, 0) is 24.3 Å². The zero-order valence-electron chi connectivity index (χ0n) is 14.0. The molecule has 0 atom stereocenters. The lowest BCUT2D eigenvalue weighted by Crippen LogP contribution is -2.43. The van der Waals surface area contributed by atoms with Gasteiger partial charge >= 0.3 is 0 Å². The monoisotopic (exact) mass is 384 g/mol. The Hall–Kier alpha value is -2.85. The van der Waals surface area contributed by atoms with Gasteiger partial charge in [0.05, 0.1) is 19.1 Å². The van der Waals surface area contributed by atoms with Crippen molar-refractivity contribution >= 4 is 15.9 Å².